The summed E-state index contributed by atoms with van der Waals surface area (Å²) in [6.07, 6.45) is 0. The van der Waals surface area contributed by atoms with Crippen molar-refractivity contribution in [1.82, 2.24) is 4.72 Å². The van der Waals surface area contributed by atoms with E-state index >= 15 is 0 Å². The number of aliphatic hydroxyl groups is 1. The Bertz CT molecular complexity index is 560. The minimum absolute atomic E-state index is 0.0262. The van der Waals surface area contributed by atoms with Gasteiger partial charge >= 0.3 is 0 Å². The number of rotatable bonds is 7. The van der Waals surface area contributed by atoms with Crippen LogP contribution in [-0.2, 0) is 21.4 Å². The van der Waals surface area contributed by atoms with Crippen LogP contribution in [0, 0.1) is 12.7 Å². The summed E-state index contributed by atoms with van der Waals surface area (Å²) in [5.74, 6) is -0.658. The first-order valence-corrected chi connectivity index (χ1v) is 7.80. The van der Waals surface area contributed by atoms with Crippen LogP contribution < -0.4 is 4.72 Å². The van der Waals surface area contributed by atoms with E-state index in [1.165, 1.54) is 13.0 Å². The van der Waals surface area contributed by atoms with E-state index in [1.54, 1.807) is 6.92 Å². The molecule has 0 aliphatic rings. The van der Waals surface area contributed by atoms with Gasteiger partial charge in [-0.05, 0) is 38.5 Å². The van der Waals surface area contributed by atoms with Crippen LogP contribution in [0.25, 0.3) is 0 Å². The molecule has 1 rings (SSSR count). The van der Waals surface area contributed by atoms with E-state index in [9.17, 15) is 12.8 Å². The zero-order valence-electron chi connectivity index (χ0n) is 11.8. The van der Waals surface area contributed by atoms with Gasteiger partial charge in [0.15, 0.2) is 0 Å². The molecule has 0 spiro atoms. The zero-order chi connectivity index (χ0) is 15.3. The first kappa shape index (κ1) is 17.0. The Morgan fingerprint density at radius 1 is 1.45 bits per heavy atom. The van der Waals surface area contributed by atoms with E-state index in [4.69, 9.17) is 9.84 Å². The number of benzene rings is 1. The van der Waals surface area contributed by atoms with Crippen molar-refractivity contribution in [2.75, 3.05) is 13.2 Å². The van der Waals surface area contributed by atoms with Crippen molar-refractivity contribution in [3.8, 4) is 0 Å². The molecule has 0 radical (unpaired) electrons. The second-order valence-electron chi connectivity index (χ2n) is 4.54. The lowest BCUT2D eigenvalue weighted by atomic mass is 10.1. The predicted octanol–water partition coefficient (Wildman–Crippen LogP) is 1.33. The van der Waals surface area contributed by atoms with E-state index in [2.05, 4.69) is 4.72 Å². The molecule has 0 aliphatic carbocycles. The summed E-state index contributed by atoms with van der Waals surface area (Å²) in [6, 6.07) is 1.96. The third-order valence-electron chi connectivity index (χ3n) is 2.76. The molecule has 0 aliphatic heterocycles. The second kappa shape index (κ2) is 7.12. The van der Waals surface area contributed by atoms with Gasteiger partial charge in [-0.1, -0.05) is 0 Å². The lowest BCUT2D eigenvalue weighted by molar-refractivity contribution is 0.133. The van der Waals surface area contributed by atoms with Crippen LogP contribution in [0.5, 0.6) is 0 Å². The highest BCUT2D eigenvalue weighted by Crippen LogP contribution is 2.21. The molecule has 0 amide bonds. The molecule has 0 saturated carbocycles. The molecule has 0 bridgehead atoms. The topological polar surface area (TPSA) is 75.6 Å². The van der Waals surface area contributed by atoms with Gasteiger partial charge in [-0.25, -0.2) is 17.5 Å². The summed E-state index contributed by atoms with van der Waals surface area (Å²) in [5.41, 5.74) is 0.240. The fourth-order valence-electron chi connectivity index (χ4n) is 1.73. The van der Waals surface area contributed by atoms with E-state index < -0.39 is 28.5 Å². The normalized spacial score (nSPS) is 13.4. The molecule has 1 atom stereocenters. The third kappa shape index (κ3) is 4.24. The van der Waals surface area contributed by atoms with Crippen molar-refractivity contribution in [2.45, 2.75) is 38.3 Å². The van der Waals surface area contributed by atoms with Crippen LogP contribution in [0.3, 0.4) is 0 Å². The van der Waals surface area contributed by atoms with Crippen molar-refractivity contribution >= 4 is 10.0 Å². The quantitative estimate of drug-likeness (QED) is 0.797. The van der Waals surface area contributed by atoms with Crippen molar-refractivity contribution in [2.24, 2.45) is 0 Å². The Morgan fingerprint density at radius 3 is 2.65 bits per heavy atom. The molecule has 0 fully saturated rings. The lowest BCUT2D eigenvalue weighted by Gasteiger charge is -2.16. The number of hydrogen-bond acceptors (Lipinski definition) is 4. The molecule has 2 N–H and O–H groups in total. The molecule has 20 heavy (non-hydrogen) atoms. The molecule has 1 aromatic rings. The number of sulfonamides is 1. The Kier molecular flexibility index (Phi) is 6.07. The number of halogens is 1. The highest BCUT2D eigenvalue weighted by molar-refractivity contribution is 7.89. The number of nitrogens with one attached hydrogen (secondary N) is 1. The van der Waals surface area contributed by atoms with Gasteiger partial charge in [0.25, 0.3) is 0 Å². The Hall–Kier alpha value is -1.02. The molecule has 0 aromatic heterocycles. The summed E-state index contributed by atoms with van der Waals surface area (Å²) in [4.78, 5) is -0.162. The van der Waals surface area contributed by atoms with Gasteiger partial charge in [0.2, 0.25) is 10.0 Å². The summed E-state index contributed by atoms with van der Waals surface area (Å²) in [5, 5.41) is 9.04. The lowest BCUT2D eigenvalue weighted by Crippen LogP contribution is -2.36. The minimum Gasteiger partial charge on any atom is -0.392 e. The van der Waals surface area contributed by atoms with Crippen LogP contribution in [-0.4, -0.2) is 32.8 Å². The van der Waals surface area contributed by atoms with Gasteiger partial charge in [0.1, 0.15) is 5.82 Å². The largest absolute Gasteiger partial charge is 0.392 e. The predicted molar refractivity (Wildman–Crippen MR) is 73.3 cm³/mol. The highest BCUT2D eigenvalue weighted by atomic mass is 32.2. The van der Waals surface area contributed by atoms with Crippen LogP contribution in [0.2, 0.25) is 0 Å². The maximum Gasteiger partial charge on any atom is 0.241 e. The molecule has 7 heteroatoms. The number of hydrogen-bond donors (Lipinski definition) is 2. The van der Waals surface area contributed by atoms with Gasteiger partial charge < -0.3 is 9.84 Å². The van der Waals surface area contributed by atoms with Gasteiger partial charge in [-0.15, -0.1) is 0 Å². The van der Waals surface area contributed by atoms with Gasteiger partial charge in [-0.2, -0.15) is 0 Å². The maximum atomic E-state index is 13.7. The van der Waals surface area contributed by atoms with E-state index in [-0.39, 0.29) is 22.6 Å². The van der Waals surface area contributed by atoms with Crippen molar-refractivity contribution in [1.29, 1.82) is 0 Å². The van der Waals surface area contributed by atoms with E-state index in [0.29, 0.717) is 6.61 Å². The summed E-state index contributed by atoms with van der Waals surface area (Å²) in [7, 11) is -3.86. The Morgan fingerprint density at radius 2 is 2.10 bits per heavy atom. The minimum atomic E-state index is -3.86. The molecule has 1 unspecified atom stereocenters. The number of aliphatic hydroxyl groups excluding tert-OH is 1. The van der Waals surface area contributed by atoms with E-state index in [1.807, 2.05) is 6.92 Å². The number of ether oxygens (including phenoxy) is 1. The molecule has 0 heterocycles. The third-order valence-corrected chi connectivity index (χ3v) is 4.47. The summed E-state index contributed by atoms with van der Waals surface area (Å²) >= 11 is 0. The van der Waals surface area contributed by atoms with Gasteiger partial charge in [-0.3, -0.25) is 0 Å². The molecule has 1 aromatic carbocycles. The highest BCUT2D eigenvalue weighted by Gasteiger charge is 2.22. The van der Waals surface area contributed by atoms with Crippen molar-refractivity contribution in [3.05, 3.63) is 29.1 Å². The molecule has 114 valence electrons. The second-order valence-corrected chi connectivity index (χ2v) is 6.22. The SMILES string of the molecule is CCOCC(C)NS(=O)(=O)c1cc(CO)cc(F)c1C. The molecular weight excluding hydrogens is 285 g/mol. The Labute approximate surface area is 118 Å². The summed E-state index contributed by atoms with van der Waals surface area (Å²) in [6.45, 7) is 5.16. The first-order valence-electron chi connectivity index (χ1n) is 6.31. The van der Waals surface area contributed by atoms with Crippen molar-refractivity contribution in [3.63, 3.8) is 0 Å². The van der Waals surface area contributed by atoms with Crippen LogP contribution >= 0.6 is 0 Å². The van der Waals surface area contributed by atoms with Crippen LogP contribution in [0.1, 0.15) is 25.0 Å². The molecular formula is C13H20FNO4S. The summed E-state index contributed by atoms with van der Waals surface area (Å²) < 4.78 is 45.7. The fraction of sp³-hybridized carbons (Fsp3) is 0.538. The molecule has 0 saturated heterocycles. The van der Waals surface area contributed by atoms with E-state index in [0.717, 1.165) is 6.07 Å². The van der Waals surface area contributed by atoms with Crippen LogP contribution in [0.4, 0.5) is 4.39 Å². The first-order chi connectivity index (χ1) is 9.31. The Balaban J connectivity index is 3.06. The monoisotopic (exact) mass is 305 g/mol. The maximum absolute atomic E-state index is 13.7. The average Bonchev–Trinajstić information content (AvgIpc) is 2.38. The van der Waals surface area contributed by atoms with Gasteiger partial charge in [0, 0.05) is 18.2 Å². The van der Waals surface area contributed by atoms with Crippen LogP contribution in [0.15, 0.2) is 17.0 Å². The zero-order valence-corrected chi connectivity index (χ0v) is 12.6. The average molecular weight is 305 g/mol. The van der Waals surface area contributed by atoms with Gasteiger partial charge in [0.05, 0.1) is 18.1 Å². The smallest absolute Gasteiger partial charge is 0.241 e. The standard InChI is InChI=1S/C13H20FNO4S/c1-4-19-8-9(2)15-20(17,18)13-6-11(7-16)5-12(14)10(13)3/h5-6,9,15-16H,4,7-8H2,1-3H3. The molecule has 5 nitrogen and oxygen atoms in total. The van der Waals surface area contributed by atoms with Crippen molar-refractivity contribution < 1.29 is 22.7 Å². The fourth-order valence-corrected chi connectivity index (χ4v) is 3.27.